The first kappa shape index (κ1) is 68.6. The summed E-state index contributed by atoms with van der Waals surface area (Å²) in [5.74, 6) is 0. The molecule has 0 aromatic rings. The van der Waals surface area contributed by atoms with Crippen molar-refractivity contribution in [1.82, 2.24) is 0 Å². The Labute approximate surface area is 257 Å². The van der Waals surface area contributed by atoms with E-state index < -0.39 is 40.5 Å². The molecule has 0 saturated carbocycles. The summed E-state index contributed by atoms with van der Waals surface area (Å²) in [6.45, 7) is 4.53. The summed E-state index contributed by atoms with van der Waals surface area (Å²) in [7, 11) is -23.3. The SMILES string of the molecule is CC(O)(P(=O)([O-])[O-])P(=O)([O-])[O-].CC(O)(P(=O)([O-])[O-])P(=O)([O-])[O-].O.O.O.O.[NH3+]CCCC[NH3+].[NH3+]CCCC[NH3+].[Ru+2].[Ru+2]. The van der Waals surface area contributed by atoms with Gasteiger partial charge in [-0.25, -0.2) is 0 Å². The van der Waals surface area contributed by atoms with Crippen molar-refractivity contribution in [1.29, 1.82) is 0 Å². The van der Waals surface area contributed by atoms with Crippen LogP contribution in [0.3, 0.4) is 0 Å². The third-order valence-electron chi connectivity index (χ3n) is 3.58. The van der Waals surface area contributed by atoms with Gasteiger partial charge in [0.15, 0.2) is 0 Å². The Morgan fingerprint density at radius 1 is 0.475 bits per heavy atom. The van der Waals surface area contributed by atoms with Crippen LogP contribution < -0.4 is 62.1 Å². The van der Waals surface area contributed by atoms with E-state index in [0.29, 0.717) is 0 Å². The van der Waals surface area contributed by atoms with Crippen LogP contribution in [0.2, 0.25) is 0 Å². The van der Waals surface area contributed by atoms with Crippen molar-refractivity contribution >= 4 is 30.4 Å². The zero-order valence-electron chi connectivity index (χ0n) is 21.8. The van der Waals surface area contributed by atoms with E-state index in [1.807, 2.05) is 0 Å². The molecule has 22 N–H and O–H groups in total. The maximum absolute atomic E-state index is 9.95. The van der Waals surface area contributed by atoms with Crippen LogP contribution in [0.1, 0.15) is 39.5 Å². The molecule has 0 unspecified atom stereocenters. The van der Waals surface area contributed by atoms with Crippen LogP contribution in [0.4, 0.5) is 0 Å². The summed E-state index contributed by atoms with van der Waals surface area (Å²) in [5, 5.41) is 9.35. The van der Waals surface area contributed by atoms with E-state index >= 15 is 0 Å². The summed E-state index contributed by atoms with van der Waals surface area (Å²) in [6, 6.07) is 0. The molecule has 0 aliphatic heterocycles. The first-order chi connectivity index (χ1) is 14.8. The second-order valence-corrected chi connectivity index (χ2v) is 14.9. The van der Waals surface area contributed by atoms with Gasteiger partial charge in [-0.3, -0.25) is 0 Å². The summed E-state index contributed by atoms with van der Waals surface area (Å²) in [4.78, 5) is 79.6. The molecule has 0 heterocycles. The number of hydrogen-bond donors (Lipinski definition) is 6. The molecule has 0 fully saturated rings. The van der Waals surface area contributed by atoms with Gasteiger partial charge in [0.2, 0.25) is 0 Å². The maximum Gasteiger partial charge on any atom is 2.00 e. The molecular formula is C12H44N4O18P4Ru2. The van der Waals surface area contributed by atoms with Crippen LogP contribution in [0.5, 0.6) is 0 Å². The van der Waals surface area contributed by atoms with E-state index in [-0.39, 0.29) is 74.7 Å². The second-order valence-electron chi connectivity index (χ2n) is 6.76. The van der Waals surface area contributed by atoms with Gasteiger partial charge in [-0.2, -0.15) is 0 Å². The van der Waals surface area contributed by atoms with E-state index in [1.165, 1.54) is 25.7 Å². The third kappa shape index (κ3) is 30.9. The van der Waals surface area contributed by atoms with Crippen LogP contribution in [0, 0.1) is 0 Å². The standard InChI is InChI=1S/2C4H12N2.2C2H8O7P2.4H2O.2Ru/c2*5-3-1-2-4-6;2*1-2(3,10(4,5)6)11(7,8)9;;;;;;/h2*1-6H2;2*3H,1H3,(H2,4,5,6)(H2,7,8,9);4*1H2;;/q;;;;;;;;2*+2/p-4. The molecule has 0 aromatic carbocycles. The average molecular weight is 859 g/mol. The molecule has 0 radical (unpaired) electrons. The zero-order valence-corrected chi connectivity index (χ0v) is 28.8. The maximum atomic E-state index is 9.95. The fraction of sp³-hybridized carbons (Fsp3) is 1.00. The van der Waals surface area contributed by atoms with Crippen molar-refractivity contribution in [3.63, 3.8) is 0 Å². The van der Waals surface area contributed by atoms with Crippen molar-refractivity contribution in [2.24, 2.45) is 0 Å². The minimum absolute atomic E-state index is 0. The van der Waals surface area contributed by atoms with Crippen LogP contribution in [0.15, 0.2) is 0 Å². The van der Waals surface area contributed by atoms with Gasteiger partial charge in [0.05, 0.1) is 26.2 Å². The molecule has 0 aliphatic carbocycles. The summed E-state index contributed by atoms with van der Waals surface area (Å²) >= 11 is 0. The molecule has 28 heteroatoms. The summed E-state index contributed by atoms with van der Waals surface area (Å²) in [5.41, 5.74) is 14.8. The van der Waals surface area contributed by atoms with E-state index in [9.17, 15) is 57.4 Å². The van der Waals surface area contributed by atoms with E-state index in [0.717, 1.165) is 26.2 Å². The first-order valence-electron chi connectivity index (χ1n) is 9.53. The minimum atomic E-state index is -5.82. The van der Waals surface area contributed by atoms with Gasteiger partial charge >= 0.3 is 39.0 Å². The molecule has 22 nitrogen and oxygen atoms in total. The topological polar surface area (TPSA) is 530 Å². The molecule has 0 bridgehead atoms. The van der Waals surface area contributed by atoms with Gasteiger partial charge in [0.25, 0.3) is 0 Å². The second kappa shape index (κ2) is 30.5. The normalized spacial score (nSPS) is 11.0. The molecule has 0 atom stereocenters. The molecule has 40 heavy (non-hydrogen) atoms. The fourth-order valence-electron chi connectivity index (χ4n) is 1.01. The quantitative estimate of drug-likeness (QED) is 0.0675. The number of hydrogen-bond acceptors (Lipinski definition) is 14. The van der Waals surface area contributed by atoms with Crippen LogP contribution >= 0.6 is 30.4 Å². The monoisotopic (exact) mass is 860 g/mol. The van der Waals surface area contributed by atoms with Gasteiger partial charge in [0.1, 0.15) is 10.2 Å². The van der Waals surface area contributed by atoms with Gasteiger partial charge in [-0.1, -0.05) is 0 Å². The Hall–Kier alpha value is 1.45. The Balaban J connectivity index is -0.0000000369. The van der Waals surface area contributed by atoms with Gasteiger partial charge in [-0.05, 0) is 44.2 Å². The zero-order chi connectivity index (χ0) is 28.7. The van der Waals surface area contributed by atoms with Crippen molar-refractivity contribution in [2.75, 3.05) is 26.2 Å². The predicted molar refractivity (Wildman–Crippen MR) is 116 cm³/mol. The number of rotatable bonds is 10. The third-order valence-corrected chi connectivity index (χ3v) is 10.7. The van der Waals surface area contributed by atoms with Crippen LogP contribution in [0.25, 0.3) is 0 Å². The molecule has 0 spiro atoms. The molecule has 256 valence electrons. The number of unbranched alkanes of at least 4 members (excludes halogenated alkanes) is 2. The summed E-state index contributed by atoms with van der Waals surface area (Å²) < 4.78 is 39.8. The van der Waals surface area contributed by atoms with E-state index in [2.05, 4.69) is 22.9 Å². The van der Waals surface area contributed by atoms with Crippen molar-refractivity contribution in [2.45, 2.75) is 49.7 Å². The predicted octanol–water partition coefficient (Wildman–Crippen LogP) is -13.8. The van der Waals surface area contributed by atoms with Crippen molar-refractivity contribution in [3.8, 4) is 0 Å². The summed E-state index contributed by atoms with van der Waals surface area (Å²) in [6.07, 6.45) is 4.96. The van der Waals surface area contributed by atoms with Gasteiger partial charge in [-0.15, -0.1) is 0 Å². The molecule has 0 aromatic heterocycles. The Morgan fingerprint density at radius 2 is 0.575 bits per heavy atom. The largest absolute Gasteiger partial charge is 2.00 e. The van der Waals surface area contributed by atoms with Gasteiger partial charge < -0.3 is 112 Å². The number of aliphatic hydroxyl groups is 2. The van der Waals surface area contributed by atoms with Crippen LogP contribution in [-0.4, -0.2) is 68.5 Å². The Morgan fingerprint density at radius 3 is 0.600 bits per heavy atom. The number of quaternary nitrogens is 4. The van der Waals surface area contributed by atoms with Gasteiger partial charge in [0, 0.05) is 25.7 Å². The molecule has 0 rings (SSSR count). The molecular weight excluding hydrogens is 814 g/mol. The first-order valence-corrected chi connectivity index (χ1v) is 15.7. The van der Waals surface area contributed by atoms with Crippen LogP contribution in [-0.2, 0) is 57.2 Å². The molecule has 0 saturated heterocycles. The average Bonchev–Trinajstić information content (AvgIpc) is 2.62. The Bertz CT molecular complexity index is 614. The van der Waals surface area contributed by atoms with E-state index in [4.69, 9.17) is 10.2 Å². The Kier molecular flexibility index (Phi) is 52.2. The minimum Gasteiger partial charge on any atom is -0.808 e. The fourth-order valence-corrected chi connectivity index (χ4v) is 3.41. The van der Waals surface area contributed by atoms with Crippen molar-refractivity contribution in [3.05, 3.63) is 0 Å². The van der Waals surface area contributed by atoms with E-state index in [1.54, 1.807) is 0 Å². The molecule has 0 amide bonds. The van der Waals surface area contributed by atoms with Crippen molar-refractivity contribution < 1.29 is 151 Å². The smallest absolute Gasteiger partial charge is 0.808 e. The molecule has 0 aliphatic rings.